The third-order valence-electron chi connectivity index (χ3n) is 5.69. The lowest BCUT2D eigenvalue weighted by Gasteiger charge is -2.32. The minimum atomic E-state index is -0.405. The van der Waals surface area contributed by atoms with Crippen LogP contribution < -0.4 is 20.2 Å². The Morgan fingerprint density at radius 1 is 1.12 bits per heavy atom. The molecule has 1 saturated heterocycles. The molecule has 0 saturated carbocycles. The molecule has 0 unspecified atom stereocenters. The lowest BCUT2D eigenvalue weighted by molar-refractivity contribution is 0.164. The van der Waals surface area contributed by atoms with E-state index in [0.717, 1.165) is 13.1 Å². The summed E-state index contributed by atoms with van der Waals surface area (Å²) in [5.41, 5.74) is 0.978. The first kappa shape index (κ1) is 23.4. The molecule has 3 aromatic rings. The van der Waals surface area contributed by atoms with Gasteiger partial charge in [0.15, 0.2) is 16.8 Å². The van der Waals surface area contributed by atoms with Gasteiger partial charge >= 0.3 is 6.03 Å². The molecular formula is C25H29N3O6. The summed E-state index contributed by atoms with van der Waals surface area (Å²) >= 11 is 0. The number of anilines is 1. The predicted octanol–water partition coefficient (Wildman–Crippen LogP) is 3.74. The van der Waals surface area contributed by atoms with E-state index in [1.165, 1.54) is 19.2 Å². The fraction of sp³-hybridized carbons (Fsp3) is 0.360. The van der Waals surface area contributed by atoms with Gasteiger partial charge < -0.3 is 34.1 Å². The summed E-state index contributed by atoms with van der Waals surface area (Å²) in [5.74, 6) is 0.571. The van der Waals surface area contributed by atoms with E-state index in [1.807, 2.05) is 20.9 Å². The van der Waals surface area contributed by atoms with Crippen LogP contribution >= 0.6 is 0 Å². The second kappa shape index (κ2) is 9.64. The van der Waals surface area contributed by atoms with Gasteiger partial charge in [-0.3, -0.25) is 4.79 Å². The number of nitrogens with one attached hydrogen (secondary N) is 1. The SMILES string of the molecule is COc1cc(O)c2c(=O)cc(-c3ccc(NC(=O)N4CCN(C)CC4)cc3)oc2c1OC(C)C. The summed E-state index contributed by atoms with van der Waals surface area (Å²) in [6.07, 6.45) is -0.209. The molecule has 1 aromatic heterocycles. The molecule has 2 heterocycles. The summed E-state index contributed by atoms with van der Waals surface area (Å²) in [6.45, 7) is 6.73. The van der Waals surface area contributed by atoms with Crippen molar-refractivity contribution >= 4 is 22.7 Å². The van der Waals surface area contributed by atoms with Crippen molar-refractivity contribution in [2.45, 2.75) is 20.0 Å². The Balaban J connectivity index is 1.64. The largest absolute Gasteiger partial charge is 0.507 e. The van der Waals surface area contributed by atoms with E-state index in [9.17, 15) is 14.7 Å². The first-order valence-corrected chi connectivity index (χ1v) is 11.2. The highest BCUT2D eigenvalue weighted by atomic mass is 16.5. The summed E-state index contributed by atoms with van der Waals surface area (Å²) in [7, 11) is 3.49. The first-order chi connectivity index (χ1) is 16.3. The van der Waals surface area contributed by atoms with Crippen molar-refractivity contribution in [3.05, 3.63) is 46.6 Å². The van der Waals surface area contributed by atoms with Gasteiger partial charge in [-0.15, -0.1) is 0 Å². The molecule has 2 aromatic carbocycles. The maximum Gasteiger partial charge on any atom is 0.321 e. The van der Waals surface area contributed by atoms with E-state index in [0.29, 0.717) is 30.1 Å². The number of fused-ring (bicyclic) bond motifs is 1. The Labute approximate surface area is 197 Å². The average molecular weight is 468 g/mol. The number of carbonyl (C=O) groups is 1. The van der Waals surface area contributed by atoms with Gasteiger partial charge in [0.1, 0.15) is 16.9 Å². The second-order valence-corrected chi connectivity index (χ2v) is 8.57. The number of methoxy groups -OCH3 is 1. The zero-order chi connectivity index (χ0) is 24.4. The molecule has 0 spiro atoms. The van der Waals surface area contributed by atoms with Crippen molar-refractivity contribution in [2.75, 3.05) is 45.7 Å². The molecule has 9 heteroatoms. The standard InChI is InChI=1S/C25H29N3O6/c1-15(2)33-23-21(32-4)14-19(30)22-18(29)13-20(34-24(22)23)16-5-7-17(8-6-16)26-25(31)28-11-9-27(3)10-12-28/h5-8,13-15,30H,9-12H2,1-4H3,(H,26,31). The van der Waals surface area contributed by atoms with E-state index in [1.54, 1.807) is 29.2 Å². The topological polar surface area (TPSA) is 104 Å². The molecule has 2 amide bonds. The highest BCUT2D eigenvalue weighted by Crippen LogP contribution is 2.41. The quantitative estimate of drug-likeness (QED) is 0.589. The van der Waals surface area contributed by atoms with Crippen LogP contribution in [0.2, 0.25) is 0 Å². The number of nitrogens with zero attached hydrogens (tertiary/aromatic N) is 2. The number of rotatable bonds is 5. The molecule has 1 aliphatic rings. The van der Waals surface area contributed by atoms with Gasteiger partial charge in [-0.2, -0.15) is 0 Å². The number of urea groups is 1. The number of likely N-dealkylation sites (N-methyl/N-ethyl adjacent to an activating group) is 1. The zero-order valence-corrected chi connectivity index (χ0v) is 19.8. The summed E-state index contributed by atoms with van der Waals surface area (Å²) in [4.78, 5) is 29.4. The van der Waals surface area contributed by atoms with E-state index in [2.05, 4.69) is 10.2 Å². The fourth-order valence-corrected chi connectivity index (χ4v) is 3.84. The molecule has 180 valence electrons. The second-order valence-electron chi connectivity index (χ2n) is 8.57. The number of benzene rings is 2. The molecule has 0 bridgehead atoms. The monoisotopic (exact) mass is 467 g/mol. The molecule has 34 heavy (non-hydrogen) atoms. The van der Waals surface area contributed by atoms with Crippen LogP contribution in [0, 0.1) is 0 Å². The number of phenolic OH excluding ortho intramolecular Hbond substituents is 1. The van der Waals surface area contributed by atoms with Gasteiger partial charge in [0.05, 0.1) is 13.2 Å². The van der Waals surface area contributed by atoms with Crippen LogP contribution in [0.3, 0.4) is 0 Å². The van der Waals surface area contributed by atoms with Crippen LogP contribution in [0.15, 0.2) is 45.6 Å². The van der Waals surface area contributed by atoms with Crippen molar-refractivity contribution in [1.82, 2.24) is 9.80 Å². The van der Waals surface area contributed by atoms with Crippen molar-refractivity contribution in [3.8, 4) is 28.6 Å². The maximum absolute atomic E-state index is 12.9. The minimum absolute atomic E-state index is 0.0243. The van der Waals surface area contributed by atoms with Crippen LogP contribution in [-0.4, -0.2) is 67.4 Å². The number of piperazine rings is 1. The normalized spacial score (nSPS) is 14.4. The number of hydrogen-bond donors (Lipinski definition) is 2. The smallest absolute Gasteiger partial charge is 0.321 e. The summed E-state index contributed by atoms with van der Waals surface area (Å²) in [6, 6.07) is 9.54. The fourth-order valence-electron chi connectivity index (χ4n) is 3.84. The van der Waals surface area contributed by atoms with Crippen molar-refractivity contribution in [3.63, 3.8) is 0 Å². The molecular weight excluding hydrogens is 438 g/mol. The zero-order valence-electron chi connectivity index (χ0n) is 19.8. The van der Waals surface area contributed by atoms with Gasteiger partial charge in [0.2, 0.25) is 5.75 Å². The molecule has 2 N–H and O–H groups in total. The maximum atomic E-state index is 12.9. The first-order valence-electron chi connectivity index (χ1n) is 11.2. The van der Waals surface area contributed by atoms with Gasteiger partial charge in [0.25, 0.3) is 0 Å². The lowest BCUT2D eigenvalue weighted by atomic mass is 10.1. The van der Waals surface area contributed by atoms with Crippen LogP contribution in [0.4, 0.5) is 10.5 Å². The van der Waals surface area contributed by atoms with Gasteiger partial charge in [-0.1, -0.05) is 0 Å². The van der Waals surface area contributed by atoms with Crippen molar-refractivity contribution < 1.29 is 23.8 Å². The third kappa shape index (κ3) is 4.79. The Bertz CT molecular complexity index is 1240. The van der Waals surface area contributed by atoms with Gasteiger partial charge in [-0.05, 0) is 45.2 Å². The predicted molar refractivity (Wildman–Crippen MR) is 130 cm³/mol. The van der Waals surface area contributed by atoms with Crippen molar-refractivity contribution in [2.24, 2.45) is 0 Å². The molecule has 4 rings (SSSR count). The van der Waals surface area contributed by atoms with Gasteiger partial charge in [0, 0.05) is 49.6 Å². The van der Waals surface area contributed by atoms with E-state index < -0.39 is 5.43 Å². The van der Waals surface area contributed by atoms with Crippen LogP contribution in [0.1, 0.15) is 13.8 Å². The molecule has 0 aliphatic carbocycles. The van der Waals surface area contributed by atoms with Crippen molar-refractivity contribution in [1.29, 1.82) is 0 Å². The molecule has 0 atom stereocenters. The number of phenols is 1. The molecule has 1 fully saturated rings. The number of aromatic hydroxyl groups is 1. The van der Waals surface area contributed by atoms with Gasteiger partial charge in [-0.25, -0.2) is 4.79 Å². The Morgan fingerprint density at radius 3 is 2.41 bits per heavy atom. The molecule has 0 radical (unpaired) electrons. The summed E-state index contributed by atoms with van der Waals surface area (Å²) < 4.78 is 17.2. The lowest BCUT2D eigenvalue weighted by Crippen LogP contribution is -2.48. The number of ether oxygens (including phenoxy) is 2. The Hall–Kier alpha value is -3.72. The Kier molecular flexibility index (Phi) is 6.65. The van der Waals surface area contributed by atoms with E-state index in [4.69, 9.17) is 13.9 Å². The minimum Gasteiger partial charge on any atom is -0.507 e. The number of hydrogen-bond acceptors (Lipinski definition) is 7. The van der Waals surface area contributed by atoms with Crippen LogP contribution in [0.25, 0.3) is 22.3 Å². The molecule has 1 aliphatic heterocycles. The Morgan fingerprint density at radius 2 is 1.79 bits per heavy atom. The molecule has 9 nitrogen and oxygen atoms in total. The highest BCUT2D eigenvalue weighted by molar-refractivity contribution is 5.92. The number of amides is 2. The van der Waals surface area contributed by atoms with Crippen LogP contribution in [0.5, 0.6) is 17.2 Å². The third-order valence-corrected chi connectivity index (χ3v) is 5.69. The highest BCUT2D eigenvalue weighted by Gasteiger charge is 2.22. The summed E-state index contributed by atoms with van der Waals surface area (Å²) in [5, 5.41) is 13.3. The van der Waals surface area contributed by atoms with E-state index in [-0.39, 0.29) is 40.4 Å². The average Bonchev–Trinajstić information content (AvgIpc) is 2.81. The number of carbonyl (C=O) groups excluding carboxylic acids is 1. The van der Waals surface area contributed by atoms with E-state index >= 15 is 0 Å². The van der Waals surface area contributed by atoms with Crippen LogP contribution in [-0.2, 0) is 0 Å².